The Hall–Kier alpha value is -5.38. The molecule has 8 amide bonds. The maximum atomic E-state index is 12.5. The van der Waals surface area contributed by atoms with Crippen LogP contribution in [0.2, 0.25) is 0 Å². The third-order valence-corrected chi connectivity index (χ3v) is 7.21. The molecule has 0 aromatic heterocycles. The van der Waals surface area contributed by atoms with E-state index in [4.69, 9.17) is 28.5 Å². The number of imide groups is 3. The van der Waals surface area contributed by atoms with Gasteiger partial charge in [0.1, 0.15) is 0 Å². The van der Waals surface area contributed by atoms with Gasteiger partial charge in [0.15, 0.2) is 0 Å². The zero-order chi connectivity index (χ0) is 38.6. The maximum absolute atomic E-state index is 12.5. The molecule has 0 aliphatic carbocycles. The Morgan fingerprint density at radius 1 is 0.566 bits per heavy atom. The third-order valence-electron chi connectivity index (χ3n) is 7.21. The summed E-state index contributed by atoms with van der Waals surface area (Å²) in [5.41, 5.74) is 0. The zero-order valence-corrected chi connectivity index (χ0v) is 28.8. The summed E-state index contributed by atoms with van der Waals surface area (Å²) in [4.78, 5) is 125. The number of ether oxygens (including phenoxy) is 5. The Morgan fingerprint density at radius 2 is 1.04 bits per heavy atom. The number of carbonyl (C=O) groups is 10. The van der Waals surface area contributed by atoms with E-state index in [0.717, 1.165) is 28.0 Å². The molecule has 3 rings (SSSR count). The summed E-state index contributed by atoms with van der Waals surface area (Å²) in [5.74, 6) is -6.52. The van der Waals surface area contributed by atoms with Gasteiger partial charge in [-0.1, -0.05) is 0 Å². The standard InChI is InChI=1S/C32H41N5O16/c38-23(5-11-35-25(40)1-2-26(35)41)33-9-15-50-19-17-48-13-7-30(45)52-22-21-29(44)36(32(22)47)12-6-24(39)34-10-16-51-20-18-49-14-8-31(46)53-37-27(42)3-4-28(37)43/h1-2,21H,3-20H2,(H,33,38)(H,34,39). The second kappa shape index (κ2) is 22.5. The smallest absolute Gasteiger partial charge is 0.335 e. The van der Waals surface area contributed by atoms with Gasteiger partial charge >= 0.3 is 11.9 Å². The molecule has 0 atom stereocenters. The van der Waals surface area contributed by atoms with E-state index < -0.39 is 59.0 Å². The fourth-order valence-electron chi connectivity index (χ4n) is 4.48. The summed E-state index contributed by atoms with van der Waals surface area (Å²) in [6, 6.07) is 0. The van der Waals surface area contributed by atoms with Gasteiger partial charge in [0, 0.05) is 64.0 Å². The SMILES string of the molecule is O=C(CCN1C(=O)C=CC1=O)NCCOCCOCCC(=O)OC1=CC(=O)N(CCC(=O)NCCOCCOCCC(=O)ON2C(=O)CCC2=O)C1=O. The van der Waals surface area contributed by atoms with E-state index in [1.807, 2.05) is 0 Å². The van der Waals surface area contributed by atoms with Gasteiger partial charge in [-0.2, -0.15) is 0 Å². The van der Waals surface area contributed by atoms with Crippen molar-refractivity contribution < 1.29 is 76.5 Å². The molecule has 21 heteroatoms. The van der Waals surface area contributed by atoms with Crippen molar-refractivity contribution in [1.29, 1.82) is 0 Å². The van der Waals surface area contributed by atoms with Gasteiger partial charge in [-0.25, -0.2) is 4.79 Å². The molecule has 290 valence electrons. The van der Waals surface area contributed by atoms with Gasteiger partial charge in [-0.3, -0.25) is 53.0 Å². The Morgan fingerprint density at radius 3 is 1.57 bits per heavy atom. The van der Waals surface area contributed by atoms with Crippen LogP contribution in [0.5, 0.6) is 0 Å². The molecular weight excluding hydrogens is 710 g/mol. The highest BCUT2D eigenvalue weighted by Gasteiger charge is 2.34. The molecule has 2 N–H and O–H groups in total. The van der Waals surface area contributed by atoms with Crippen molar-refractivity contribution in [3.63, 3.8) is 0 Å². The predicted molar refractivity (Wildman–Crippen MR) is 172 cm³/mol. The van der Waals surface area contributed by atoms with Crippen LogP contribution in [-0.4, -0.2) is 153 Å². The second-order valence-corrected chi connectivity index (χ2v) is 11.1. The molecule has 0 aromatic carbocycles. The highest BCUT2D eigenvalue weighted by atomic mass is 16.7. The molecule has 0 spiro atoms. The lowest BCUT2D eigenvalue weighted by molar-refractivity contribution is -0.198. The van der Waals surface area contributed by atoms with Crippen molar-refractivity contribution in [2.24, 2.45) is 0 Å². The van der Waals surface area contributed by atoms with Gasteiger partial charge in [0.25, 0.3) is 35.4 Å². The summed E-state index contributed by atoms with van der Waals surface area (Å²) in [7, 11) is 0. The van der Waals surface area contributed by atoms with E-state index in [1.165, 1.54) is 0 Å². The van der Waals surface area contributed by atoms with Crippen LogP contribution in [-0.2, 0) is 76.5 Å². The Balaban J connectivity index is 1.12. The normalized spacial score (nSPS) is 15.5. The molecule has 3 heterocycles. The molecule has 1 saturated heterocycles. The van der Waals surface area contributed by atoms with Gasteiger partial charge in [0.2, 0.25) is 17.6 Å². The third kappa shape index (κ3) is 15.0. The van der Waals surface area contributed by atoms with E-state index in [0.29, 0.717) is 5.06 Å². The van der Waals surface area contributed by atoms with Crippen LogP contribution in [0.3, 0.4) is 0 Å². The minimum Gasteiger partial charge on any atom is -0.420 e. The first-order valence-electron chi connectivity index (χ1n) is 16.7. The summed E-state index contributed by atoms with van der Waals surface area (Å²) in [6.45, 7) is 0.862. The fraction of sp³-hybridized carbons (Fsp3) is 0.562. The van der Waals surface area contributed by atoms with E-state index in [2.05, 4.69) is 10.6 Å². The Bertz CT molecular complexity index is 1440. The molecule has 0 aromatic rings. The number of nitrogens with zero attached hydrogens (tertiary/aromatic N) is 3. The number of carbonyl (C=O) groups excluding carboxylic acids is 10. The molecule has 3 aliphatic rings. The quantitative estimate of drug-likeness (QED) is 0.0513. The molecule has 1 fully saturated rings. The summed E-state index contributed by atoms with van der Waals surface area (Å²) >= 11 is 0. The lowest BCUT2D eigenvalue weighted by Crippen LogP contribution is -2.36. The molecule has 3 aliphatic heterocycles. The van der Waals surface area contributed by atoms with E-state index >= 15 is 0 Å². The Kier molecular flexibility index (Phi) is 17.9. The molecule has 0 unspecified atom stereocenters. The molecule has 0 radical (unpaired) electrons. The van der Waals surface area contributed by atoms with Crippen LogP contribution in [0.4, 0.5) is 0 Å². The number of hydroxylamine groups is 2. The predicted octanol–water partition coefficient (Wildman–Crippen LogP) is -2.83. The lowest BCUT2D eigenvalue weighted by atomic mass is 10.3. The van der Waals surface area contributed by atoms with Crippen molar-refractivity contribution in [1.82, 2.24) is 25.5 Å². The van der Waals surface area contributed by atoms with Gasteiger partial charge in [-0.15, -0.1) is 5.06 Å². The van der Waals surface area contributed by atoms with Crippen molar-refractivity contribution in [2.75, 3.05) is 79.0 Å². The van der Waals surface area contributed by atoms with Crippen LogP contribution >= 0.6 is 0 Å². The number of hydrogen-bond donors (Lipinski definition) is 2. The largest absolute Gasteiger partial charge is 0.420 e. The van der Waals surface area contributed by atoms with Crippen LogP contribution in [0.1, 0.15) is 38.5 Å². The molecule has 0 saturated carbocycles. The number of rotatable bonds is 26. The monoisotopic (exact) mass is 751 g/mol. The maximum Gasteiger partial charge on any atom is 0.335 e. The Labute approximate surface area is 302 Å². The highest BCUT2D eigenvalue weighted by Crippen LogP contribution is 2.15. The van der Waals surface area contributed by atoms with Gasteiger partial charge in [0.05, 0.1) is 71.8 Å². The number of esters is 1. The summed E-state index contributed by atoms with van der Waals surface area (Å²) in [6.07, 6.45) is 2.52. The van der Waals surface area contributed by atoms with Crippen LogP contribution in [0.25, 0.3) is 0 Å². The van der Waals surface area contributed by atoms with Crippen LogP contribution in [0.15, 0.2) is 24.0 Å². The number of amides is 8. The molecule has 21 nitrogen and oxygen atoms in total. The minimum atomic E-state index is -0.859. The average Bonchev–Trinajstić information content (AvgIpc) is 3.71. The first kappa shape index (κ1) is 42.0. The molecule has 0 bridgehead atoms. The van der Waals surface area contributed by atoms with E-state index in [1.54, 1.807) is 0 Å². The first-order valence-corrected chi connectivity index (χ1v) is 16.7. The van der Waals surface area contributed by atoms with E-state index in [-0.39, 0.29) is 123 Å². The topological polar surface area (TPSA) is 260 Å². The van der Waals surface area contributed by atoms with Crippen molar-refractivity contribution >= 4 is 59.2 Å². The van der Waals surface area contributed by atoms with Crippen molar-refractivity contribution in [2.45, 2.75) is 38.5 Å². The fourth-order valence-corrected chi connectivity index (χ4v) is 4.48. The van der Waals surface area contributed by atoms with Gasteiger partial charge < -0.3 is 39.2 Å². The van der Waals surface area contributed by atoms with Crippen molar-refractivity contribution in [3.05, 3.63) is 24.0 Å². The minimum absolute atomic E-state index is 0.00150. The van der Waals surface area contributed by atoms with Crippen molar-refractivity contribution in [3.8, 4) is 0 Å². The second-order valence-electron chi connectivity index (χ2n) is 11.1. The van der Waals surface area contributed by atoms with Crippen LogP contribution in [0, 0.1) is 0 Å². The van der Waals surface area contributed by atoms with E-state index in [9.17, 15) is 47.9 Å². The molecule has 53 heavy (non-hydrogen) atoms. The highest BCUT2D eigenvalue weighted by molar-refractivity contribution is 6.16. The summed E-state index contributed by atoms with van der Waals surface area (Å²) in [5, 5.41) is 5.62. The number of hydrogen-bond acceptors (Lipinski definition) is 16. The molecular formula is C32H41N5O16. The number of nitrogens with one attached hydrogen (secondary N) is 2. The lowest BCUT2D eigenvalue weighted by Gasteiger charge is -2.14. The average molecular weight is 752 g/mol. The van der Waals surface area contributed by atoms with Crippen LogP contribution < -0.4 is 10.6 Å². The zero-order valence-electron chi connectivity index (χ0n) is 28.8. The summed E-state index contributed by atoms with van der Waals surface area (Å²) < 4.78 is 26.1. The van der Waals surface area contributed by atoms with Gasteiger partial charge in [-0.05, 0) is 0 Å². The first-order chi connectivity index (χ1) is 25.5.